The third kappa shape index (κ3) is 9.74. The van der Waals surface area contributed by atoms with E-state index in [0.717, 1.165) is 17.4 Å². The second-order valence-corrected chi connectivity index (χ2v) is 12.3. The molecule has 3 aromatic carbocycles. The minimum absolute atomic E-state index is 0.000806. The first-order valence-corrected chi connectivity index (χ1v) is 14.5. The van der Waals surface area contributed by atoms with Crippen molar-refractivity contribution < 1.29 is 28.5 Å². The molecule has 0 radical (unpaired) electrons. The number of benzene rings is 3. The van der Waals surface area contributed by atoms with Gasteiger partial charge in [0.25, 0.3) is 0 Å². The van der Waals surface area contributed by atoms with Gasteiger partial charge < -0.3 is 26.0 Å². The molecule has 3 aromatic rings. The maximum atomic E-state index is 12.5. The highest BCUT2D eigenvalue weighted by Gasteiger charge is 2.21. The summed E-state index contributed by atoms with van der Waals surface area (Å²) in [4.78, 5) is 12.5. The van der Waals surface area contributed by atoms with Crippen LogP contribution in [0.25, 0.3) is 0 Å². The third-order valence-electron chi connectivity index (χ3n) is 6.00. The minimum Gasteiger partial charge on any atom is -0.508 e. The Morgan fingerprint density at radius 1 is 1.00 bits per heavy atom. The van der Waals surface area contributed by atoms with Gasteiger partial charge in [-0.05, 0) is 61.2 Å². The van der Waals surface area contributed by atoms with Crippen LogP contribution in [0.3, 0.4) is 0 Å². The molecule has 0 saturated heterocycles. The molecule has 210 valence electrons. The lowest BCUT2D eigenvalue weighted by Gasteiger charge is -2.28. The number of carbonyl (C=O) groups is 1. The summed E-state index contributed by atoms with van der Waals surface area (Å²) in [5.74, 6) is -0.386. The van der Waals surface area contributed by atoms with Crippen LogP contribution >= 0.6 is 11.6 Å². The van der Waals surface area contributed by atoms with Gasteiger partial charge in [-0.1, -0.05) is 48.0 Å². The topological polar surface area (TPSA) is 148 Å². The number of β-amino-alcohol motifs (C(OH)–C–C–N with tert-alkyl or cyclic N) is 1. The molecule has 9 nitrogen and oxygen atoms in total. The van der Waals surface area contributed by atoms with E-state index in [1.54, 1.807) is 12.1 Å². The number of aliphatic hydroxyl groups excluding tert-OH is 1. The maximum absolute atomic E-state index is 12.5. The highest BCUT2D eigenvalue weighted by atomic mass is 35.5. The number of anilines is 1. The molecule has 0 bridgehead atoms. The molecule has 6 N–H and O–H groups in total. The monoisotopic (exact) mass is 575 g/mol. The summed E-state index contributed by atoms with van der Waals surface area (Å²) in [6, 6.07) is 16.7. The molecule has 1 amide bonds. The smallest absolute Gasteiger partial charge is 0.229 e. The number of hydrogen-bond donors (Lipinski definition) is 6. The van der Waals surface area contributed by atoms with Crippen LogP contribution in [-0.2, 0) is 34.2 Å². The fourth-order valence-electron chi connectivity index (χ4n) is 4.08. The van der Waals surface area contributed by atoms with Crippen LogP contribution in [0.4, 0.5) is 5.69 Å². The van der Waals surface area contributed by atoms with Crippen LogP contribution in [0.2, 0.25) is 5.02 Å². The van der Waals surface area contributed by atoms with E-state index < -0.39 is 21.7 Å². The molecular weight excluding hydrogens is 542 g/mol. The average molecular weight is 576 g/mol. The van der Waals surface area contributed by atoms with E-state index in [2.05, 4.69) is 15.4 Å². The maximum Gasteiger partial charge on any atom is 0.229 e. The van der Waals surface area contributed by atoms with Crippen LogP contribution in [0, 0.1) is 0 Å². The van der Waals surface area contributed by atoms with Crippen LogP contribution in [0.1, 0.15) is 42.2 Å². The number of amides is 1. The van der Waals surface area contributed by atoms with Gasteiger partial charge in [0.1, 0.15) is 11.5 Å². The van der Waals surface area contributed by atoms with Gasteiger partial charge in [-0.3, -0.25) is 9.52 Å². The highest BCUT2D eigenvalue weighted by molar-refractivity contribution is 7.92. The van der Waals surface area contributed by atoms with Gasteiger partial charge in [0, 0.05) is 29.2 Å². The summed E-state index contributed by atoms with van der Waals surface area (Å²) < 4.78 is 25.3. The number of phenolic OH excluding ortho intramolecular Hbond substituents is 2. The first-order valence-electron chi connectivity index (χ1n) is 12.3. The second kappa shape index (κ2) is 12.7. The van der Waals surface area contributed by atoms with Gasteiger partial charge in [0.2, 0.25) is 15.9 Å². The van der Waals surface area contributed by atoms with Gasteiger partial charge in [-0.15, -0.1) is 0 Å². The Bertz CT molecular complexity index is 1430. The number of aromatic hydroxyl groups is 2. The number of aliphatic hydroxyl groups is 1. The lowest BCUT2D eigenvalue weighted by molar-refractivity contribution is -0.120. The number of halogens is 1. The average Bonchev–Trinajstić information content (AvgIpc) is 2.82. The molecular formula is C28H34ClN3O6S. The summed E-state index contributed by atoms with van der Waals surface area (Å²) in [5.41, 5.74) is 2.45. The molecule has 1 atom stereocenters. The zero-order chi connectivity index (χ0) is 28.8. The lowest BCUT2D eigenvalue weighted by Crippen LogP contribution is -2.43. The number of phenols is 2. The Morgan fingerprint density at radius 3 is 2.41 bits per heavy atom. The fourth-order valence-corrected chi connectivity index (χ4v) is 4.81. The summed E-state index contributed by atoms with van der Waals surface area (Å²) in [5, 5.41) is 37.1. The largest absolute Gasteiger partial charge is 0.508 e. The number of sulfonamides is 1. The second-order valence-electron chi connectivity index (χ2n) is 10.2. The summed E-state index contributed by atoms with van der Waals surface area (Å²) >= 11 is 5.85. The molecule has 3 rings (SSSR count). The van der Waals surface area contributed by atoms with E-state index in [9.17, 15) is 28.5 Å². The van der Waals surface area contributed by atoms with Crippen molar-refractivity contribution in [2.24, 2.45) is 0 Å². The molecule has 39 heavy (non-hydrogen) atoms. The van der Waals surface area contributed by atoms with E-state index in [1.165, 1.54) is 24.3 Å². The minimum atomic E-state index is -3.59. The van der Waals surface area contributed by atoms with Crippen molar-refractivity contribution in [3.63, 3.8) is 0 Å². The van der Waals surface area contributed by atoms with Crippen LogP contribution in [0.5, 0.6) is 11.5 Å². The molecule has 0 fully saturated rings. The van der Waals surface area contributed by atoms with Gasteiger partial charge in [0.15, 0.2) is 0 Å². The fraction of sp³-hybridized carbons (Fsp3) is 0.321. The lowest BCUT2D eigenvalue weighted by atomic mass is 9.93. The Hall–Kier alpha value is -3.31. The first-order chi connectivity index (χ1) is 18.2. The van der Waals surface area contributed by atoms with Crippen LogP contribution < -0.4 is 15.4 Å². The zero-order valence-corrected chi connectivity index (χ0v) is 23.6. The zero-order valence-electron chi connectivity index (χ0n) is 22.0. The number of rotatable bonds is 12. The number of hydrogen-bond acceptors (Lipinski definition) is 7. The first kappa shape index (κ1) is 30.2. The third-order valence-corrected chi connectivity index (χ3v) is 6.83. The highest BCUT2D eigenvalue weighted by Crippen LogP contribution is 2.28. The molecule has 0 heterocycles. The predicted octanol–water partition coefficient (Wildman–Crippen LogP) is 3.63. The van der Waals surface area contributed by atoms with Crippen LogP contribution in [0.15, 0.2) is 60.7 Å². The Kier molecular flexibility index (Phi) is 9.84. The Morgan fingerprint density at radius 2 is 1.72 bits per heavy atom. The molecule has 0 spiro atoms. The SMILES string of the molecule is CC(C)(Cc1cccc(CC(=O)NCc2ccc(Cl)cc2O)c1)NCC(O)c1ccc(O)c(NS(C)(=O)=O)c1. The van der Waals surface area contributed by atoms with Crippen molar-refractivity contribution in [3.8, 4) is 11.5 Å². The van der Waals surface area contributed by atoms with E-state index in [-0.39, 0.29) is 42.6 Å². The molecule has 0 aliphatic carbocycles. The molecule has 0 aliphatic rings. The van der Waals surface area contributed by atoms with Crippen molar-refractivity contribution in [3.05, 3.63) is 87.9 Å². The van der Waals surface area contributed by atoms with Crippen LogP contribution in [-0.4, -0.2) is 48.0 Å². The number of nitrogens with one attached hydrogen (secondary N) is 3. The van der Waals surface area contributed by atoms with Gasteiger partial charge in [0.05, 0.1) is 24.5 Å². The van der Waals surface area contributed by atoms with E-state index >= 15 is 0 Å². The van der Waals surface area contributed by atoms with Gasteiger partial charge >= 0.3 is 0 Å². The molecule has 0 aliphatic heterocycles. The molecule has 0 saturated carbocycles. The Balaban J connectivity index is 1.55. The van der Waals surface area contributed by atoms with E-state index in [1.807, 2.05) is 38.1 Å². The van der Waals surface area contributed by atoms with E-state index in [0.29, 0.717) is 22.6 Å². The van der Waals surface area contributed by atoms with E-state index in [4.69, 9.17) is 11.6 Å². The van der Waals surface area contributed by atoms with Crippen molar-refractivity contribution in [2.45, 2.75) is 44.9 Å². The van der Waals surface area contributed by atoms with Crippen molar-refractivity contribution in [1.29, 1.82) is 0 Å². The van der Waals surface area contributed by atoms with Crippen molar-refractivity contribution in [2.75, 3.05) is 17.5 Å². The molecule has 1 unspecified atom stereocenters. The Labute approximate surface area is 233 Å². The standard InChI is InChI=1S/C28H34ClN3O6S/c1-28(2,31-17-26(35)20-8-10-24(33)23(13-20)32-39(3,37)38)15-19-6-4-5-18(11-19)12-27(36)30-16-21-7-9-22(29)14-25(21)34/h4-11,13-14,26,31-35H,12,15-17H2,1-3H3,(H,30,36). The predicted molar refractivity (Wildman–Crippen MR) is 152 cm³/mol. The molecule has 11 heteroatoms. The normalized spacial score (nSPS) is 12.6. The quantitative estimate of drug-likeness (QED) is 0.181. The van der Waals surface area contributed by atoms with Crippen molar-refractivity contribution in [1.82, 2.24) is 10.6 Å². The van der Waals surface area contributed by atoms with Gasteiger partial charge in [-0.2, -0.15) is 0 Å². The van der Waals surface area contributed by atoms with Crippen molar-refractivity contribution >= 4 is 33.2 Å². The summed E-state index contributed by atoms with van der Waals surface area (Å²) in [6.07, 6.45) is 0.831. The molecule has 0 aromatic heterocycles. The number of carbonyl (C=O) groups excluding carboxylic acids is 1. The summed E-state index contributed by atoms with van der Waals surface area (Å²) in [7, 11) is -3.59. The summed E-state index contributed by atoms with van der Waals surface area (Å²) in [6.45, 7) is 4.36. The van der Waals surface area contributed by atoms with Gasteiger partial charge in [-0.25, -0.2) is 8.42 Å².